The van der Waals surface area contributed by atoms with Gasteiger partial charge in [0.2, 0.25) is 5.91 Å². The number of carbonyl (C=O) groups excluding carboxylic acids is 1. The van der Waals surface area contributed by atoms with E-state index in [4.69, 9.17) is 0 Å². The SMILES string of the molecule is O=C1CCC2(CCCCc3ccccc32)CN1. The Morgan fingerprint density at radius 1 is 1.06 bits per heavy atom. The topological polar surface area (TPSA) is 29.1 Å². The average Bonchev–Trinajstić information content (AvgIpc) is 2.54. The molecule has 2 aliphatic rings. The number of carbonyl (C=O) groups is 1. The Morgan fingerprint density at radius 2 is 1.94 bits per heavy atom. The standard InChI is InChI=1S/C15H19NO/c17-14-8-10-15(11-16-14)9-4-3-6-12-5-1-2-7-13(12)15/h1-2,5,7H,3-4,6,8-11H2,(H,16,17). The van der Waals surface area contributed by atoms with Crippen LogP contribution in [0.15, 0.2) is 24.3 Å². The van der Waals surface area contributed by atoms with Crippen molar-refractivity contribution >= 4 is 5.91 Å². The number of fused-ring (bicyclic) bond motifs is 2. The minimum atomic E-state index is 0.220. The zero-order chi connectivity index (χ0) is 11.7. The van der Waals surface area contributed by atoms with Crippen LogP contribution in [-0.4, -0.2) is 12.5 Å². The van der Waals surface area contributed by atoms with Gasteiger partial charge >= 0.3 is 0 Å². The average molecular weight is 229 g/mol. The van der Waals surface area contributed by atoms with E-state index in [1.54, 1.807) is 0 Å². The van der Waals surface area contributed by atoms with Crippen molar-refractivity contribution in [1.29, 1.82) is 0 Å². The first-order valence-electron chi connectivity index (χ1n) is 6.65. The van der Waals surface area contributed by atoms with Gasteiger partial charge in [-0.1, -0.05) is 30.7 Å². The van der Waals surface area contributed by atoms with Crippen molar-refractivity contribution in [2.75, 3.05) is 6.54 Å². The third-order valence-electron chi connectivity index (χ3n) is 4.39. The molecular weight excluding hydrogens is 210 g/mol. The van der Waals surface area contributed by atoms with Crippen LogP contribution in [0.1, 0.15) is 43.2 Å². The molecule has 3 rings (SSSR count). The highest BCUT2D eigenvalue weighted by molar-refractivity contribution is 5.77. The van der Waals surface area contributed by atoms with Gasteiger partial charge in [-0.3, -0.25) is 4.79 Å². The number of aryl methyl sites for hydroxylation is 1. The summed E-state index contributed by atoms with van der Waals surface area (Å²) in [5.41, 5.74) is 3.22. The van der Waals surface area contributed by atoms with Gasteiger partial charge in [-0.25, -0.2) is 0 Å². The van der Waals surface area contributed by atoms with Gasteiger partial charge in [-0.2, -0.15) is 0 Å². The van der Waals surface area contributed by atoms with Gasteiger partial charge < -0.3 is 5.32 Å². The molecule has 0 radical (unpaired) electrons. The van der Waals surface area contributed by atoms with E-state index in [-0.39, 0.29) is 11.3 Å². The maximum absolute atomic E-state index is 11.4. The Morgan fingerprint density at radius 3 is 2.76 bits per heavy atom. The molecule has 0 aromatic heterocycles. The molecule has 90 valence electrons. The number of benzene rings is 1. The molecular formula is C15H19NO. The molecule has 0 bridgehead atoms. The van der Waals surface area contributed by atoms with Crippen molar-refractivity contribution in [2.24, 2.45) is 0 Å². The first kappa shape index (κ1) is 10.8. The highest BCUT2D eigenvalue weighted by Crippen LogP contribution is 2.40. The van der Waals surface area contributed by atoms with E-state index in [1.807, 2.05) is 0 Å². The molecule has 1 aliphatic heterocycles. The summed E-state index contributed by atoms with van der Waals surface area (Å²) >= 11 is 0. The molecule has 0 saturated carbocycles. The number of nitrogens with one attached hydrogen (secondary N) is 1. The minimum absolute atomic E-state index is 0.220. The Hall–Kier alpha value is -1.31. The smallest absolute Gasteiger partial charge is 0.220 e. The molecule has 1 aromatic rings. The van der Waals surface area contributed by atoms with Crippen molar-refractivity contribution < 1.29 is 4.79 Å². The molecule has 1 fully saturated rings. The van der Waals surface area contributed by atoms with Gasteiger partial charge in [0.1, 0.15) is 0 Å². The minimum Gasteiger partial charge on any atom is -0.355 e. The van der Waals surface area contributed by atoms with Gasteiger partial charge in [0.15, 0.2) is 0 Å². The maximum Gasteiger partial charge on any atom is 0.220 e. The van der Waals surface area contributed by atoms with Crippen LogP contribution in [0.5, 0.6) is 0 Å². The summed E-state index contributed by atoms with van der Waals surface area (Å²) in [4.78, 5) is 11.4. The van der Waals surface area contributed by atoms with E-state index < -0.39 is 0 Å². The second kappa shape index (κ2) is 4.17. The van der Waals surface area contributed by atoms with Crippen LogP contribution in [0.4, 0.5) is 0 Å². The Labute approximate surface area is 102 Å². The number of amides is 1. The van der Waals surface area contributed by atoms with E-state index in [1.165, 1.54) is 36.8 Å². The highest BCUT2D eigenvalue weighted by Gasteiger charge is 2.38. The summed E-state index contributed by atoms with van der Waals surface area (Å²) in [7, 11) is 0. The van der Waals surface area contributed by atoms with Crippen LogP contribution in [-0.2, 0) is 16.6 Å². The number of hydrogen-bond donors (Lipinski definition) is 1. The summed E-state index contributed by atoms with van der Waals surface area (Å²) in [6.07, 6.45) is 6.71. The lowest BCUT2D eigenvalue weighted by Gasteiger charge is -2.38. The van der Waals surface area contributed by atoms with Gasteiger partial charge in [0, 0.05) is 18.4 Å². The maximum atomic E-state index is 11.4. The second-order valence-electron chi connectivity index (χ2n) is 5.42. The lowest BCUT2D eigenvalue weighted by atomic mass is 9.71. The quantitative estimate of drug-likeness (QED) is 0.728. The molecule has 2 heteroatoms. The fraction of sp³-hybridized carbons (Fsp3) is 0.533. The van der Waals surface area contributed by atoms with E-state index in [0.717, 1.165) is 13.0 Å². The monoisotopic (exact) mass is 229 g/mol. The first-order chi connectivity index (χ1) is 8.30. The summed E-state index contributed by atoms with van der Waals surface area (Å²) in [5, 5.41) is 3.07. The van der Waals surface area contributed by atoms with Crippen molar-refractivity contribution in [3.63, 3.8) is 0 Å². The molecule has 1 unspecified atom stereocenters. The second-order valence-corrected chi connectivity index (χ2v) is 5.42. The predicted molar refractivity (Wildman–Crippen MR) is 67.9 cm³/mol. The molecule has 1 amide bonds. The molecule has 2 nitrogen and oxygen atoms in total. The first-order valence-corrected chi connectivity index (χ1v) is 6.65. The molecule has 1 aromatic carbocycles. The number of rotatable bonds is 0. The number of hydrogen-bond acceptors (Lipinski definition) is 1. The molecule has 1 atom stereocenters. The fourth-order valence-electron chi connectivity index (χ4n) is 3.41. The van der Waals surface area contributed by atoms with Crippen LogP contribution in [0.3, 0.4) is 0 Å². The normalized spacial score (nSPS) is 28.4. The van der Waals surface area contributed by atoms with Gasteiger partial charge in [-0.15, -0.1) is 0 Å². The molecule has 1 heterocycles. The van der Waals surface area contributed by atoms with Crippen molar-refractivity contribution in [3.05, 3.63) is 35.4 Å². The van der Waals surface area contributed by atoms with Crippen LogP contribution in [0, 0.1) is 0 Å². The molecule has 1 N–H and O–H groups in total. The predicted octanol–water partition coefficient (Wildman–Crippen LogP) is 2.56. The van der Waals surface area contributed by atoms with Crippen molar-refractivity contribution in [2.45, 2.75) is 43.9 Å². The zero-order valence-corrected chi connectivity index (χ0v) is 10.2. The fourth-order valence-corrected chi connectivity index (χ4v) is 3.41. The van der Waals surface area contributed by atoms with Crippen LogP contribution >= 0.6 is 0 Å². The van der Waals surface area contributed by atoms with Crippen LogP contribution in [0.25, 0.3) is 0 Å². The lowest BCUT2D eigenvalue weighted by molar-refractivity contribution is -0.123. The van der Waals surface area contributed by atoms with E-state index >= 15 is 0 Å². The summed E-state index contributed by atoms with van der Waals surface area (Å²) in [6.45, 7) is 0.836. The van der Waals surface area contributed by atoms with Gasteiger partial charge in [0.05, 0.1) is 0 Å². The summed E-state index contributed by atoms with van der Waals surface area (Å²) < 4.78 is 0. The summed E-state index contributed by atoms with van der Waals surface area (Å²) in [6, 6.07) is 8.82. The van der Waals surface area contributed by atoms with Gasteiger partial charge in [0.25, 0.3) is 0 Å². The van der Waals surface area contributed by atoms with E-state index in [2.05, 4.69) is 29.6 Å². The third kappa shape index (κ3) is 1.86. The highest BCUT2D eigenvalue weighted by atomic mass is 16.1. The Kier molecular flexibility index (Phi) is 2.65. The molecule has 1 saturated heterocycles. The zero-order valence-electron chi connectivity index (χ0n) is 10.2. The molecule has 17 heavy (non-hydrogen) atoms. The molecule has 1 spiro atoms. The Bertz CT molecular complexity index is 428. The van der Waals surface area contributed by atoms with Crippen LogP contribution in [0.2, 0.25) is 0 Å². The van der Waals surface area contributed by atoms with Crippen molar-refractivity contribution in [3.8, 4) is 0 Å². The van der Waals surface area contributed by atoms with Crippen molar-refractivity contribution in [1.82, 2.24) is 5.32 Å². The third-order valence-corrected chi connectivity index (χ3v) is 4.39. The lowest BCUT2D eigenvalue weighted by Crippen LogP contribution is -2.46. The number of piperidine rings is 1. The van der Waals surface area contributed by atoms with E-state index in [0.29, 0.717) is 6.42 Å². The van der Waals surface area contributed by atoms with Gasteiger partial charge in [-0.05, 0) is 36.8 Å². The Balaban J connectivity index is 2.01. The summed E-state index contributed by atoms with van der Waals surface area (Å²) in [5.74, 6) is 0.220. The van der Waals surface area contributed by atoms with E-state index in [9.17, 15) is 4.79 Å². The molecule has 1 aliphatic carbocycles. The largest absolute Gasteiger partial charge is 0.355 e. The van der Waals surface area contributed by atoms with Crippen LogP contribution < -0.4 is 5.32 Å².